The summed E-state index contributed by atoms with van der Waals surface area (Å²) in [6, 6.07) is 7.06. The molecule has 2 N–H and O–H groups in total. The van der Waals surface area contributed by atoms with Gasteiger partial charge in [0.05, 0.1) is 16.1 Å². The van der Waals surface area contributed by atoms with Gasteiger partial charge in [0.15, 0.2) is 11.6 Å². The summed E-state index contributed by atoms with van der Waals surface area (Å²) >= 11 is 6.99. The van der Waals surface area contributed by atoms with E-state index in [4.69, 9.17) is 11.6 Å². The largest absolute Gasteiger partial charge is 0.478 e. The predicted molar refractivity (Wildman–Crippen MR) is 121 cm³/mol. The molecule has 2 heterocycles. The number of amides is 1. The van der Waals surface area contributed by atoms with Crippen LogP contribution in [0.15, 0.2) is 40.1 Å². The molecule has 3 aromatic rings. The van der Waals surface area contributed by atoms with Crippen molar-refractivity contribution >= 4 is 46.1 Å². The van der Waals surface area contributed by atoms with Gasteiger partial charge >= 0.3 is 5.97 Å². The van der Waals surface area contributed by atoms with Gasteiger partial charge in [-0.3, -0.25) is 4.79 Å². The fourth-order valence-corrected chi connectivity index (χ4v) is 5.36. The van der Waals surface area contributed by atoms with Gasteiger partial charge in [-0.25, -0.2) is 13.6 Å². The molecule has 1 atom stereocenters. The van der Waals surface area contributed by atoms with Crippen LogP contribution in [0.4, 0.5) is 8.78 Å². The van der Waals surface area contributed by atoms with Gasteiger partial charge in [0.1, 0.15) is 6.54 Å². The van der Waals surface area contributed by atoms with E-state index in [9.17, 15) is 24.2 Å². The highest BCUT2D eigenvalue weighted by molar-refractivity contribution is 7.99. The zero-order valence-electron chi connectivity index (χ0n) is 17.6. The number of carboxylic acids is 1. The van der Waals surface area contributed by atoms with Crippen LogP contribution in [0.3, 0.4) is 0 Å². The molecule has 33 heavy (non-hydrogen) atoms. The van der Waals surface area contributed by atoms with Crippen LogP contribution >= 0.6 is 23.4 Å². The van der Waals surface area contributed by atoms with Gasteiger partial charge in [-0.15, -0.1) is 0 Å². The van der Waals surface area contributed by atoms with Crippen molar-refractivity contribution in [1.29, 1.82) is 0 Å². The Hall–Kier alpha value is -2.62. The van der Waals surface area contributed by atoms with Crippen LogP contribution in [-0.4, -0.2) is 51.3 Å². The first kappa shape index (κ1) is 23.5. The van der Waals surface area contributed by atoms with E-state index in [1.807, 2.05) is 0 Å². The standard InChI is InChI=1S/C23H21ClF2N2O4S/c1-12-22(33-17-4-2-3-14(19(17)25)23(31)32)15-5-6-16(24)20(26)21(15)28(12)10-18(30)27-8-7-13(9-27)11-29/h2-6,13,29H,7-11H2,1H3,(H,31,32)/t13-/m1/s1. The van der Waals surface area contributed by atoms with E-state index < -0.39 is 23.2 Å². The number of aliphatic hydroxyl groups is 1. The molecule has 1 aromatic heterocycles. The van der Waals surface area contributed by atoms with Gasteiger partial charge in [-0.2, -0.15) is 0 Å². The molecule has 6 nitrogen and oxygen atoms in total. The zero-order valence-corrected chi connectivity index (χ0v) is 19.2. The molecule has 4 rings (SSSR count). The van der Waals surface area contributed by atoms with E-state index in [-0.39, 0.29) is 40.4 Å². The van der Waals surface area contributed by atoms with E-state index in [1.54, 1.807) is 17.9 Å². The predicted octanol–water partition coefficient (Wildman–Crippen LogP) is 4.57. The Bertz CT molecular complexity index is 1260. The number of aliphatic hydroxyl groups excluding tert-OH is 1. The Morgan fingerprint density at radius 1 is 1.21 bits per heavy atom. The smallest absolute Gasteiger partial charge is 0.338 e. The second-order valence-electron chi connectivity index (χ2n) is 7.96. The summed E-state index contributed by atoms with van der Waals surface area (Å²) in [7, 11) is 0. The molecule has 2 aromatic carbocycles. The number of carbonyl (C=O) groups is 2. The molecule has 174 valence electrons. The van der Waals surface area contributed by atoms with Crippen LogP contribution < -0.4 is 0 Å². The van der Waals surface area contributed by atoms with Crippen LogP contribution in [-0.2, 0) is 11.3 Å². The third-order valence-electron chi connectivity index (χ3n) is 5.91. The first-order valence-corrected chi connectivity index (χ1v) is 11.5. The van der Waals surface area contributed by atoms with Crippen molar-refractivity contribution in [2.24, 2.45) is 5.92 Å². The maximum absolute atomic E-state index is 15.1. The molecule has 1 aliphatic heterocycles. The van der Waals surface area contributed by atoms with E-state index in [0.717, 1.165) is 11.8 Å². The highest BCUT2D eigenvalue weighted by atomic mass is 35.5. The van der Waals surface area contributed by atoms with Crippen LogP contribution in [0, 0.1) is 24.5 Å². The van der Waals surface area contributed by atoms with Crippen LogP contribution in [0.1, 0.15) is 22.5 Å². The zero-order chi connectivity index (χ0) is 23.9. The van der Waals surface area contributed by atoms with Crippen LogP contribution in [0.2, 0.25) is 5.02 Å². The quantitative estimate of drug-likeness (QED) is 0.524. The first-order valence-electron chi connectivity index (χ1n) is 10.3. The lowest BCUT2D eigenvalue weighted by Crippen LogP contribution is -2.32. The van der Waals surface area contributed by atoms with E-state index in [0.29, 0.717) is 35.5 Å². The molecule has 0 unspecified atom stereocenters. The maximum Gasteiger partial charge on any atom is 0.338 e. The Kier molecular flexibility index (Phi) is 6.65. The van der Waals surface area contributed by atoms with Crippen molar-refractivity contribution in [3.8, 4) is 0 Å². The summed E-state index contributed by atoms with van der Waals surface area (Å²) in [5, 5.41) is 18.9. The summed E-state index contributed by atoms with van der Waals surface area (Å²) in [6.45, 7) is 2.51. The number of fused-ring (bicyclic) bond motifs is 1. The molecule has 0 saturated carbocycles. The van der Waals surface area contributed by atoms with E-state index in [2.05, 4.69) is 0 Å². The molecule has 0 spiro atoms. The number of benzene rings is 2. The number of carboxylic acid groups (broad SMARTS) is 1. The number of halogens is 3. The highest BCUT2D eigenvalue weighted by Gasteiger charge is 2.28. The van der Waals surface area contributed by atoms with Crippen molar-refractivity contribution in [3.63, 3.8) is 0 Å². The monoisotopic (exact) mass is 494 g/mol. The Balaban J connectivity index is 1.77. The van der Waals surface area contributed by atoms with Gasteiger partial charge in [0.2, 0.25) is 5.91 Å². The van der Waals surface area contributed by atoms with Gasteiger partial charge in [0.25, 0.3) is 0 Å². The second-order valence-corrected chi connectivity index (χ2v) is 9.42. The molecule has 1 aliphatic rings. The van der Waals surface area contributed by atoms with E-state index in [1.165, 1.54) is 28.8 Å². The Morgan fingerprint density at radius 2 is 1.97 bits per heavy atom. The molecule has 1 fully saturated rings. The minimum Gasteiger partial charge on any atom is -0.478 e. The summed E-state index contributed by atoms with van der Waals surface area (Å²) in [6.07, 6.45) is 0.703. The summed E-state index contributed by atoms with van der Waals surface area (Å²) in [5.74, 6) is -3.15. The number of aromatic nitrogens is 1. The summed E-state index contributed by atoms with van der Waals surface area (Å²) < 4.78 is 31.4. The lowest BCUT2D eigenvalue weighted by Gasteiger charge is -2.18. The van der Waals surface area contributed by atoms with Gasteiger partial charge in [0, 0.05) is 46.5 Å². The first-order chi connectivity index (χ1) is 15.7. The molecular formula is C23H21ClF2N2O4S. The van der Waals surface area contributed by atoms with E-state index >= 15 is 4.39 Å². The molecule has 1 saturated heterocycles. The number of hydrogen-bond donors (Lipinski definition) is 2. The highest BCUT2D eigenvalue weighted by Crippen LogP contribution is 2.41. The minimum absolute atomic E-state index is 0.00124. The number of carbonyl (C=O) groups excluding carboxylic acids is 1. The van der Waals surface area contributed by atoms with Crippen LogP contribution in [0.5, 0.6) is 0 Å². The fourth-order valence-electron chi connectivity index (χ4n) is 4.11. The lowest BCUT2D eigenvalue weighted by atomic mass is 10.1. The normalized spacial score (nSPS) is 16.0. The van der Waals surface area contributed by atoms with Crippen molar-refractivity contribution in [1.82, 2.24) is 9.47 Å². The number of hydrogen-bond acceptors (Lipinski definition) is 4. The number of rotatable bonds is 6. The molecule has 0 radical (unpaired) electrons. The minimum atomic E-state index is -1.38. The molecular weight excluding hydrogens is 474 g/mol. The molecule has 10 heteroatoms. The Morgan fingerprint density at radius 3 is 2.64 bits per heavy atom. The lowest BCUT2D eigenvalue weighted by molar-refractivity contribution is -0.130. The van der Waals surface area contributed by atoms with Crippen molar-refractivity contribution < 1.29 is 28.6 Å². The van der Waals surface area contributed by atoms with Crippen molar-refractivity contribution in [2.75, 3.05) is 19.7 Å². The number of nitrogens with zero attached hydrogens (tertiary/aromatic N) is 2. The van der Waals surface area contributed by atoms with Crippen LogP contribution in [0.25, 0.3) is 10.9 Å². The fraction of sp³-hybridized carbons (Fsp3) is 0.304. The summed E-state index contributed by atoms with van der Waals surface area (Å²) in [5.41, 5.74) is 0.198. The summed E-state index contributed by atoms with van der Waals surface area (Å²) in [4.78, 5) is 26.5. The Labute approximate surface area is 197 Å². The van der Waals surface area contributed by atoms with Crippen molar-refractivity contribution in [2.45, 2.75) is 29.7 Å². The average molecular weight is 495 g/mol. The SMILES string of the molecule is Cc1c(Sc2cccc(C(=O)O)c2F)c2ccc(Cl)c(F)c2n1CC(=O)N1CC[C@@H](CO)C1. The number of likely N-dealkylation sites (tertiary alicyclic amines) is 1. The topological polar surface area (TPSA) is 82.8 Å². The molecule has 0 aliphatic carbocycles. The van der Waals surface area contributed by atoms with Gasteiger partial charge in [-0.1, -0.05) is 29.4 Å². The van der Waals surface area contributed by atoms with Gasteiger partial charge < -0.3 is 19.7 Å². The third kappa shape index (κ3) is 4.32. The third-order valence-corrected chi connectivity index (χ3v) is 7.46. The van der Waals surface area contributed by atoms with Crippen molar-refractivity contribution in [3.05, 3.63) is 58.2 Å². The van der Waals surface area contributed by atoms with Gasteiger partial charge in [-0.05, 0) is 37.6 Å². The average Bonchev–Trinajstić information content (AvgIpc) is 3.37. The number of aromatic carboxylic acids is 1. The molecule has 0 bridgehead atoms. The molecule has 1 amide bonds. The second kappa shape index (κ2) is 9.32. The maximum atomic E-state index is 15.1.